The molecular formula is C11H15F4NO5S. The normalized spacial score (nSPS) is 21.0. The van der Waals surface area contributed by atoms with Crippen molar-refractivity contribution >= 4 is 22.1 Å². The molecule has 22 heavy (non-hydrogen) atoms. The number of halogens is 4. The maximum atomic E-state index is 13.0. The molecule has 1 aliphatic rings. The first-order valence-electron chi connectivity index (χ1n) is 6.38. The van der Waals surface area contributed by atoms with E-state index in [9.17, 15) is 35.1 Å². The van der Waals surface area contributed by atoms with Gasteiger partial charge in [0.05, 0.1) is 18.8 Å². The Hall–Kier alpha value is -1.39. The van der Waals surface area contributed by atoms with Crippen molar-refractivity contribution < 1.29 is 39.8 Å². The van der Waals surface area contributed by atoms with Crippen LogP contribution in [-0.4, -0.2) is 56.3 Å². The highest BCUT2D eigenvalue weighted by molar-refractivity contribution is 7.86. The van der Waals surface area contributed by atoms with E-state index in [-0.39, 0.29) is 6.61 Å². The largest absolute Gasteiger partial charge is 0.466 e. The minimum Gasteiger partial charge on any atom is -0.466 e. The molecule has 0 aromatic heterocycles. The Bertz CT molecular complexity index is 533. The third-order valence-corrected chi connectivity index (χ3v) is 3.96. The lowest BCUT2D eigenvalue weighted by atomic mass is 10.1. The fourth-order valence-electron chi connectivity index (χ4n) is 2.28. The van der Waals surface area contributed by atoms with Gasteiger partial charge in [-0.15, -0.1) is 3.89 Å². The maximum absolute atomic E-state index is 13.0. The highest BCUT2D eigenvalue weighted by Gasteiger charge is 2.49. The molecule has 1 amide bonds. The van der Waals surface area contributed by atoms with Gasteiger partial charge in [-0.3, -0.25) is 9.59 Å². The minimum atomic E-state index is -4.90. The molecule has 1 aliphatic heterocycles. The average Bonchev–Trinajstić information content (AvgIpc) is 2.63. The molecule has 0 aromatic carbocycles. The third kappa shape index (κ3) is 5.43. The Kier molecular flexibility index (Phi) is 5.76. The number of esters is 1. The highest BCUT2D eigenvalue weighted by Crippen LogP contribution is 2.32. The van der Waals surface area contributed by atoms with Crippen molar-refractivity contribution in [2.45, 2.75) is 32.0 Å². The molecular weight excluding hydrogens is 334 g/mol. The van der Waals surface area contributed by atoms with E-state index in [4.69, 9.17) is 0 Å². The van der Waals surface area contributed by atoms with Crippen LogP contribution in [0.3, 0.4) is 0 Å². The summed E-state index contributed by atoms with van der Waals surface area (Å²) in [6.45, 7) is 0.731. The lowest BCUT2D eigenvalue weighted by Gasteiger charge is -2.29. The number of ether oxygens (including phenoxy) is 1. The molecule has 6 nitrogen and oxygen atoms in total. The van der Waals surface area contributed by atoms with Gasteiger partial charge in [0.2, 0.25) is 5.91 Å². The molecule has 128 valence electrons. The summed E-state index contributed by atoms with van der Waals surface area (Å²) in [5.41, 5.74) is 0. The second kappa shape index (κ2) is 6.80. The van der Waals surface area contributed by atoms with Gasteiger partial charge in [-0.2, -0.15) is 21.6 Å². The number of hydrogen-bond donors (Lipinski definition) is 0. The predicted molar refractivity (Wildman–Crippen MR) is 65.8 cm³/mol. The maximum Gasteiger partial charge on any atom is 0.409 e. The van der Waals surface area contributed by atoms with Gasteiger partial charge >= 0.3 is 22.4 Å². The molecule has 0 radical (unpaired) electrons. The number of hydrogen-bond acceptors (Lipinski definition) is 5. The van der Waals surface area contributed by atoms with Gasteiger partial charge in [0.15, 0.2) is 0 Å². The Labute approximate surface area is 124 Å². The molecule has 1 saturated heterocycles. The van der Waals surface area contributed by atoms with E-state index in [1.54, 1.807) is 0 Å². The van der Waals surface area contributed by atoms with Crippen molar-refractivity contribution in [2.75, 3.05) is 18.9 Å². The summed E-state index contributed by atoms with van der Waals surface area (Å²) in [4.78, 5) is 23.3. The fraction of sp³-hybridized carbons (Fsp3) is 0.818. The van der Waals surface area contributed by atoms with Crippen LogP contribution >= 0.6 is 0 Å². The number of amides is 1. The van der Waals surface area contributed by atoms with Gasteiger partial charge in [0, 0.05) is 18.9 Å². The lowest BCUT2D eigenvalue weighted by molar-refractivity contribution is -0.193. The molecule has 0 saturated carbocycles. The molecule has 1 fully saturated rings. The summed E-state index contributed by atoms with van der Waals surface area (Å²) in [5.74, 6) is -4.20. The van der Waals surface area contributed by atoms with Crippen LogP contribution in [0.1, 0.15) is 19.8 Å². The number of carbonyl (C=O) groups is 2. The van der Waals surface area contributed by atoms with Crippen molar-refractivity contribution in [3.8, 4) is 0 Å². The van der Waals surface area contributed by atoms with E-state index < -0.39 is 65.4 Å². The standard InChI is InChI=1S/C11H15F4NO5S/c1-2-21-10(18)4-8(11(12,13)14)16-5-7(3-9(16)17)6-22(15,19)20/h7-8H,2-6H2,1H3. The number of alkyl halides is 3. The van der Waals surface area contributed by atoms with Gasteiger partial charge in [-0.1, -0.05) is 0 Å². The molecule has 0 N–H and O–H groups in total. The van der Waals surface area contributed by atoms with E-state index >= 15 is 0 Å². The summed E-state index contributed by atoms with van der Waals surface area (Å²) in [5, 5.41) is 0. The van der Waals surface area contributed by atoms with Crippen LogP contribution in [0.2, 0.25) is 0 Å². The number of rotatable bonds is 6. The number of carbonyl (C=O) groups excluding carboxylic acids is 2. The zero-order valence-electron chi connectivity index (χ0n) is 11.6. The Morgan fingerprint density at radius 3 is 2.50 bits per heavy atom. The second-order valence-electron chi connectivity index (χ2n) is 4.89. The van der Waals surface area contributed by atoms with E-state index in [0.29, 0.717) is 4.90 Å². The van der Waals surface area contributed by atoms with Crippen molar-refractivity contribution in [1.29, 1.82) is 0 Å². The highest BCUT2D eigenvalue weighted by atomic mass is 32.3. The Morgan fingerprint density at radius 1 is 1.45 bits per heavy atom. The molecule has 0 spiro atoms. The van der Waals surface area contributed by atoms with Crippen LogP contribution in [0.15, 0.2) is 0 Å². The van der Waals surface area contributed by atoms with Crippen molar-refractivity contribution in [3.05, 3.63) is 0 Å². The molecule has 11 heteroatoms. The van der Waals surface area contributed by atoms with Crippen molar-refractivity contribution in [3.63, 3.8) is 0 Å². The fourth-order valence-corrected chi connectivity index (χ4v) is 3.07. The summed E-state index contributed by atoms with van der Waals surface area (Å²) in [6.07, 6.45) is -6.48. The monoisotopic (exact) mass is 349 g/mol. The molecule has 1 rings (SSSR count). The topological polar surface area (TPSA) is 80.8 Å². The van der Waals surface area contributed by atoms with E-state index in [2.05, 4.69) is 4.74 Å². The first-order chi connectivity index (χ1) is 9.94. The zero-order valence-corrected chi connectivity index (χ0v) is 12.4. The van der Waals surface area contributed by atoms with Crippen LogP contribution in [0.4, 0.5) is 17.1 Å². The summed E-state index contributed by atoms with van der Waals surface area (Å²) < 4.78 is 77.1. The van der Waals surface area contributed by atoms with Gasteiger partial charge in [-0.25, -0.2) is 0 Å². The van der Waals surface area contributed by atoms with Gasteiger partial charge < -0.3 is 9.64 Å². The number of likely N-dealkylation sites (tertiary alicyclic amines) is 1. The average molecular weight is 349 g/mol. The Balaban J connectivity index is 2.87. The molecule has 0 bridgehead atoms. The molecule has 2 unspecified atom stereocenters. The van der Waals surface area contributed by atoms with Crippen molar-refractivity contribution in [1.82, 2.24) is 4.90 Å². The van der Waals surface area contributed by atoms with Crippen LogP contribution in [0.5, 0.6) is 0 Å². The van der Waals surface area contributed by atoms with E-state index in [0.717, 1.165) is 0 Å². The second-order valence-corrected chi connectivity index (χ2v) is 6.30. The smallest absolute Gasteiger partial charge is 0.409 e. The molecule has 1 heterocycles. The van der Waals surface area contributed by atoms with Crippen molar-refractivity contribution in [2.24, 2.45) is 5.92 Å². The van der Waals surface area contributed by atoms with Crippen LogP contribution in [0, 0.1) is 5.92 Å². The quantitative estimate of drug-likeness (QED) is 0.406. The molecule has 0 aromatic rings. The zero-order chi connectivity index (χ0) is 17.1. The summed E-state index contributed by atoms with van der Waals surface area (Å²) in [6, 6.07) is -2.41. The van der Waals surface area contributed by atoms with Crippen LogP contribution in [0.25, 0.3) is 0 Å². The van der Waals surface area contributed by atoms with Crippen LogP contribution in [-0.2, 0) is 24.5 Å². The third-order valence-electron chi connectivity index (χ3n) is 3.09. The molecule has 0 aliphatic carbocycles. The van der Waals surface area contributed by atoms with Gasteiger partial charge in [0.1, 0.15) is 6.04 Å². The Morgan fingerprint density at radius 2 is 2.05 bits per heavy atom. The van der Waals surface area contributed by atoms with Gasteiger partial charge in [-0.05, 0) is 6.92 Å². The minimum absolute atomic E-state index is 0.111. The molecule has 2 atom stereocenters. The SMILES string of the molecule is CCOC(=O)CC(N1CC(CS(=O)(=O)F)CC1=O)C(F)(F)F. The van der Waals surface area contributed by atoms with Crippen LogP contribution < -0.4 is 0 Å². The number of nitrogens with zero attached hydrogens (tertiary/aromatic N) is 1. The van der Waals surface area contributed by atoms with E-state index in [1.807, 2.05) is 0 Å². The van der Waals surface area contributed by atoms with E-state index in [1.165, 1.54) is 6.92 Å². The summed E-state index contributed by atoms with van der Waals surface area (Å²) in [7, 11) is -4.90. The predicted octanol–water partition coefficient (Wildman–Crippen LogP) is 1.02. The first-order valence-corrected chi connectivity index (χ1v) is 7.93. The lowest BCUT2D eigenvalue weighted by Crippen LogP contribution is -2.48. The summed E-state index contributed by atoms with van der Waals surface area (Å²) >= 11 is 0. The first kappa shape index (κ1) is 18.7. The van der Waals surface area contributed by atoms with Gasteiger partial charge in [0.25, 0.3) is 0 Å².